The molecule has 0 saturated heterocycles. The summed E-state index contributed by atoms with van der Waals surface area (Å²) in [5, 5.41) is 0.653. The summed E-state index contributed by atoms with van der Waals surface area (Å²) in [6.07, 6.45) is 1.52. The third kappa shape index (κ3) is 2.10. The van der Waals surface area contributed by atoms with Gasteiger partial charge in [-0.1, -0.05) is 18.2 Å². The molecule has 6 heteroatoms. The molecule has 0 radical (unpaired) electrons. The van der Waals surface area contributed by atoms with Crippen LogP contribution in [0.5, 0.6) is 0 Å². The Morgan fingerprint density at radius 2 is 1.95 bits per heavy atom. The molecule has 2 heterocycles. The van der Waals surface area contributed by atoms with Crippen LogP contribution in [0.3, 0.4) is 0 Å². The number of pyridine rings is 1. The van der Waals surface area contributed by atoms with E-state index in [9.17, 15) is 9.59 Å². The van der Waals surface area contributed by atoms with Crippen molar-refractivity contribution in [3.05, 3.63) is 53.9 Å². The molecule has 2 N–H and O–H groups in total. The second kappa shape index (κ2) is 5.33. The second-order valence-electron chi connectivity index (χ2n) is 4.56. The smallest absolute Gasteiger partial charge is 0.340 e. The number of fused-ring (bicyclic) bond motifs is 1. The number of esters is 1. The van der Waals surface area contributed by atoms with E-state index in [2.05, 4.69) is 4.98 Å². The van der Waals surface area contributed by atoms with Crippen LogP contribution < -0.4 is 5.73 Å². The molecule has 22 heavy (non-hydrogen) atoms. The Labute approximate surface area is 125 Å². The maximum absolute atomic E-state index is 11.9. The molecule has 1 amide bonds. The highest BCUT2D eigenvalue weighted by atomic mass is 16.5. The molecule has 0 saturated carbocycles. The lowest BCUT2D eigenvalue weighted by atomic mass is 10.0. The van der Waals surface area contributed by atoms with Crippen LogP contribution in [0.25, 0.3) is 22.2 Å². The molecule has 0 fully saturated rings. The van der Waals surface area contributed by atoms with Crippen molar-refractivity contribution in [3.8, 4) is 11.3 Å². The summed E-state index contributed by atoms with van der Waals surface area (Å²) >= 11 is 0. The topological polar surface area (TPSA) is 95.4 Å². The summed E-state index contributed by atoms with van der Waals surface area (Å²) in [7, 11) is 1.28. The Kier molecular flexibility index (Phi) is 3.34. The van der Waals surface area contributed by atoms with Crippen molar-refractivity contribution in [1.82, 2.24) is 4.98 Å². The predicted molar refractivity (Wildman–Crippen MR) is 79.3 cm³/mol. The van der Waals surface area contributed by atoms with Crippen LogP contribution >= 0.6 is 0 Å². The van der Waals surface area contributed by atoms with Gasteiger partial charge in [-0.05, 0) is 18.2 Å². The maximum atomic E-state index is 11.9. The van der Waals surface area contributed by atoms with Crippen molar-refractivity contribution in [2.24, 2.45) is 5.73 Å². The summed E-state index contributed by atoms with van der Waals surface area (Å²) in [6.45, 7) is 0. The molecule has 110 valence electrons. The van der Waals surface area contributed by atoms with E-state index < -0.39 is 11.9 Å². The number of carbonyl (C=O) groups excluding carboxylic acids is 2. The van der Waals surface area contributed by atoms with E-state index in [0.717, 1.165) is 0 Å². The van der Waals surface area contributed by atoms with Gasteiger partial charge in [-0.3, -0.25) is 9.78 Å². The number of aromatic nitrogens is 1. The minimum Gasteiger partial charge on any atom is -0.465 e. The van der Waals surface area contributed by atoms with Gasteiger partial charge in [-0.25, -0.2) is 4.79 Å². The number of furan rings is 1. The molecule has 0 spiro atoms. The summed E-state index contributed by atoms with van der Waals surface area (Å²) in [4.78, 5) is 27.9. The van der Waals surface area contributed by atoms with Gasteiger partial charge in [0.1, 0.15) is 5.58 Å². The van der Waals surface area contributed by atoms with E-state index in [4.69, 9.17) is 14.9 Å². The highest BCUT2D eigenvalue weighted by molar-refractivity contribution is 6.10. The van der Waals surface area contributed by atoms with E-state index in [1.165, 1.54) is 13.3 Å². The van der Waals surface area contributed by atoms with Crippen LogP contribution in [0.1, 0.15) is 20.9 Å². The van der Waals surface area contributed by atoms with Gasteiger partial charge >= 0.3 is 5.97 Å². The number of carbonyl (C=O) groups is 2. The van der Waals surface area contributed by atoms with Crippen molar-refractivity contribution in [1.29, 1.82) is 0 Å². The van der Waals surface area contributed by atoms with Gasteiger partial charge in [0.25, 0.3) is 5.91 Å². The fraction of sp³-hybridized carbons (Fsp3) is 0.0625. The Bertz CT molecular complexity index is 883. The van der Waals surface area contributed by atoms with Crippen molar-refractivity contribution in [2.75, 3.05) is 7.11 Å². The summed E-state index contributed by atoms with van der Waals surface area (Å²) in [6, 6.07) is 10.2. The normalized spacial score (nSPS) is 10.6. The molecular weight excluding hydrogens is 284 g/mol. The molecule has 3 aromatic rings. The number of ether oxygens (including phenoxy) is 1. The van der Waals surface area contributed by atoms with Crippen molar-refractivity contribution >= 4 is 22.8 Å². The van der Waals surface area contributed by atoms with Crippen LogP contribution in [-0.2, 0) is 4.74 Å². The molecule has 0 aliphatic heterocycles. The SMILES string of the molecule is COC(=O)c1cccnc1-c1c(C(N)=O)oc2ccccc12. The van der Waals surface area contributed by atoms with Crippen LogP contribution in [0.15, 0.2) is 47.0 Å². The number of para-hydroxylation sites is 1. The molecular formula is C16H12N2O4. The lowest BCUT2D eigenvalue weighted by Gasteiger charge is -2.06. The van der Waals surface area contributed by atoms with Gasteiger partial charge in [0.05, 0.1) is 23.9 Å². The van der Waals surface area contributed by atoms with Crippen LogP contribution in [0, 0.1) is 0 Å². The van der Waals surface area contributed by atoms with E-state index in [1.54, 1.807) is 36.4 Å². The van der Waals surface area contributed by atoms with E-state index in [0.29, 0.717) is 22.2 Å². The number of hydrogen-bond acceptors (Lipinski definition) is 5. The summed E-state index contributed by atoms with van der Waals surface area (Å²) in [5.41, 5.74) is 6.82. The fourth-order valence-corrected chi connectivity index (χ4v) is 2.33. The lowest BCUT2D eigenvalue weighted by molar-refractivity contribution is 0.0601. The predicted octanol–water partition coefficient (Wildman–Crippen LogP) is 2.38. The Morgan fingerprint density at radius 3 is 2.68 bits per heavy atom. The second-order valence-corrected chi connectivity index (χ2v) is 4.56. The number of methoxy groups -OCH3 is 1. The molecule has 3 rings (SSSR count). The monoisotopic (exact) mass is 296 g/mol. The van der Waals surface area contributed by atoms with Gasteiger partial charge in [-0.15, -0.1) is 0 Å². The Balaban J connectivity index is 2.38. The molecule has 1 aromatic carbocycles. The molecule has 0 aliphatic carbocycles. The highest BCUT2D eigenvalue weighted by Gasteiger charge is 2.25. The molecule has 0 aliphatic rings. The first-order valence-corrected chi connectivity index (χ1v) is 6.48. The number of nitrogens with two attached hydrogens (primary N) is 1. The molecule has 0 atom stereocenters. The zero-order valence-corrected chi connectivity index (χ0v) is 11.7. The first-order valence-electron chi connectivity index (χ1n) is 6.48. The van der Waals surface area contributed by atoms with Gasteiger partial charge in [0.15, 0.2) is 0 Å². The van der Waals surface area contributed by atoms with Gasteiger partial charge in [0, 0.05) is 11.6 Å². The number of nitrogens with zero attached hydrogens (tertiary/aromatic N) is 1. The first kappa shape index (κ1) is 13.8. The highest BCUT2D eigenvalue weighted by Crippen LogP contribution is 2.35. The number of amides is 1. The first-order chi connectivity index (χ1) is 10.6. The zero-order chi connectivity index (χ0) is 15.7. The quantitative estimate of drug-likeness (QED) is 0.749. The summed E-state index contributed by atoms with van der Waals surface area (Å²) in [5.74, 6) is -1.32. The third-order valence-corrected chi connectivity index (χ3v) is 3.27. The minimum atomic E-state index is -0.729. The average molecular weight is 296 g/mol. The Morgan fingerprint density at radius 1 is 1.18 bits per heavy atom. The number of benzene rings is 1. The van der Waals surface area contributed by atoms with Crippen LogP contribution in [0.4, 0.5) is 0 Å². The van der Waals surface area contributed by atoms with Crippen molar-refractivity contribution in [2.45, 2.75) is 0 Å². The maximum Gasteiger partial charge on any atom is 0.340 e. The van der Waals surface area contributed by atoms with Crippen LogP contribution in [-0.4, -0.2) is 24.0 Å². The Hall–Kier alpha value is -3.15. The lowest BCUT2D eigenvalue weighted by Crippen LogP contribution is -2.12. The minimum absolute atomic E-state index is 0.0370. The fourth-order valence-electron chi connectivity index (χ4n) is 2.33. The zero-order valence-electron chi connectivity index (χ0n) is 11.7. The van der Waals surface area contributed by atoms with Crippen molar-refractivity contribution in [3.63, 3.8) is 0 Å². The molecule has 0 unspecified atom stereocenters. The third-order valence-electron chi connectivity index (χ3n) is 3.27. The average Bonchev–Trinajstić information content (AvgIpc) is 2.93. The number of hydrogen-bond donors (Lipinski definition) is 1. The van der Waals surface area contributed by atoms with E-state index in [1.807, 2.05) is 0 Å². The number of primary amides is 1. The molecule has 6 nitrogen and oxygen atoms in total. The summed E-state index contributed by atoms with van der Waals surface area (Å²) < 4.78 is 10.3. The van der Waals surface area contributed by atoms with Gasteiger partial charge < -0.3 is 14.9 Å². The van der Waals surface area contributed by atoms with Crippen LogP contribution in [0.2, 0.25) is 0 Å². The number of rotatable bonds is 3. The standard InChI is InChI=1S/C16H12N2O4/c1-21-16(20)10-6-4-8-18-13(10)12-9-5-2-3-7-11(9)22-14(12)15(17)19/h2-8H,1H3,(H2,17,19). The van der Waals surface area contributed by atoms with E-state index in [-0.39, 0.29) is 11.3 Å². The van der Waals surface area contributed by atoms with Crippen molar-refractivity contribution < 1.29 is 18.7 Å². The largest absolute Gasteiger partial charge is 0.465 e. The van der Waals surface area contributed by atoms with Gasteiger partial charge in [-0.2, -0.15) is 0 Å². The van der Waals surface area contributed by atoms with Gasteiger partial charge in [0.2, 0.25) is 5.76 Å². The molecule has 2 aromatic heterocycles. The van der Waals surface area contributed by atoms with E-state index >= 15 is 0 Å². The molecule has 0 bridgehead atoms.